The molecule has 1 saturated heterocycles. The summed E-state index contributed by atoms with van der Waals surface area (Å²) in [4.78, 5) is 7.18. The van der Waals surface area contributed by atoms with Gasteiger partial charge in [0.15, 0.2) is 0 Å². The topological polar surface area (TPSA) is 38.5 Å². The molecule has 0 amide bonds. The molecule has 0 aromatic carbocycles. The Hall–Kier alpha value is -0.120. The molecule has 0 radical (unpaired) electrons. The maximum Gasteiger partial charge on any atom is 0.0834 e. The van der Waals surface area contributed by atoms with Crippen LogP contribution in [0.1, 0.15) is 26.7 Å². The maximum absolute atomic E-state index is 5.07. The van der Waals surface area contributed by atoms with Crippen molar-refractivity contribution in [3.8, 4) is 0 Å². The van der Waals surface area contributed by atoms with Crippen molar-refractivity contribution in [3.05, 3.63) is 0 Å². The van der Waals surface area contributed by atoms with Crippen molar-refractivity contribution in [2.24, 2.45) is 11.8 Å². The van der Waals surface area contributed by atoms with Crippen LogP contribution in [0.4, 0.5) is 0 Å². The number of rotatable bonds is 4. The van der Waals surface area contributed by atoms with Gasteiger partial charge in [-0.15, -0.1) is 0 Å². The summed E-state index contributed by atoms with van der Waals surface area (Å²) in [6.45, 7) is 7.57. The Kier molecular flexibility index (Phi) is 3.98. The molecule has 0 aromatic heterocycles. The zero-order chi connectivity index (χ0) is 8.97. The van der Waals surface area contributed by atoms with E-state index in [0.29, 0.717) is 12.6 Å². The van der Waals surface area contributed by atoms with Gasteiger partial charge in [0, 0.05) is 12.6 Å². The van der Waals surface area contributed by atoms with Crippen molar-refractivity contribution >= 4 is 0 Å². The fourth-order valence-electron chi connectivity index (χ4n) is 1.90. The van der Waals surface area contributed by atoms with Crippen LogP contribution >= 0.6 is 0 Å². The smallest absolute Gasteiger partial charge is 0.0834 e. The standard InChI is InChI=1S/C9H20N2O/c1-8(2)6-11-5-3-4-9(11)7-12-10/h8-9H,3-7,10H2,1-2H3. The minimum absolute atomic E-state index is 0.567. The average molecular weight is 172 g/mol. The Morgan fingerprint density at radius 3 is 2.92 bits per heavy atom. The highest BCUT2D eigenvalue weighted by Gasteiger charge is 2.24. The van der Waals surface area contributed by atoms with Gasteiger partial charge in [0.05, 0.1) is 6.61 Å². The Morgan fingerprint density at radius 2 is 2.33 bits per heavy atom. The third-order valence-corrected chi connectivity index (χ3v) is 2.39. The normalized spacial score (nSPS) is 25.5. The molecule has 0 spiro atoms. The SMILES string of the molecule is CC(C)CN1CCCC1CON. The van der Waals surface area contributed by atoms with Crippen LogP contribution in [0.15, 0.2) is 0 Å². The quantitative estimate of drug-likeness (QED) is 0.643. The minimum Gasteiger partial charge on any atom is -0.303 e. The van der Waals surface area contributed by atoms with Gasteiger partial charge in [0.25, 0.3) is 0 Å². The first-order valence-corrected chi connectivity index (χ1v) is 4.79. The number of likely N-dealkylation sites (tertiary alicyclic amines) is 1. The van der Waals surface area contributed by atoms with Gasteiger partial charge < -0.3 is 4.84 Å². The average Bonchev–Trinajstić information content (AvgIpc) is 2.37. The summed E-state index contributed by atoms with van der Waals surface area (Å²) < 4.78 is 0. The first-order chi connectivity index (χ1) is 5.74. The van der Waals surface area contributed by atoms with Crippen LogP contribution in [0.2, 0.25) is 0 Å². The van der Waals surface area contributed by atoms with E-state index in [1.807, 2.05) is 0 Å². The van der Waals surface area contributed by atoms with Crippen molar-refractivity contribution in [2.75, 3.05) is 19.7 Å². The lowest BCUT2D eigenvalue weighted by Crippen LogP contribution is -2.36. The molecule has 0 bridgehead atoms. The molecule has 3 nitrogen and oxygen atoms in total. The van der Waals surface area contributed by atoms with Crippen LogP contribution in [0.25, 0.3) is 0 Å². The molecule has 3 heteroatoms. The highest BCUT2D eigenvalue weighted by Crippen LogP contribution is 2.18. The molecule has 1 fully saturated rings. The lowest BCUT2D eigenvalue weighted by Gasteiger charge is -2.24. The van der Waals surface area contributed by atoms with Gasteiger partial charge in [-0.05, 0) is 25.3 Å². The second-order valence-corrected chi connectivity index (χ2v) is 4.02. The fraction of sp³-hybridized carbons (Fsp3) is 1.00. The van der Waals surface area contributed by atoms with Crippen molar-refractivity contribution < 1.29 is 4.84 Å². The Labute approximate surface area is 74.8 Å². The summed E-state index contributed by atoms with van der Waals surface area (Å²) in [5.41, 5.74) is 0. The second kappa shape index (κ2) is 4.80. The molecule has 1 unspecified atom stereocenters. The number of hydrogen-bond donors (Lipinski definition) is 1. The van der Waals surface area contributed by atoms with E-state index in [0.717, 1.165) is 5.92 Å². The lowest BCUT2D eigenvalue weighted by molar-refractivity contribution is 0.0735. The van der Waals surface area contributed by atoms with Gasteiger partial charge in [-0.3, -0.25) is 4.90 Å². The summed E-state index contributed by atoms with van der Waals surface area (Å²) in [5.74, 6) is 5.81. The van der Waals surface area contributed by atoms with Gasteiger partial charge in [0.1, 0.15) is 0 Å². The van der Waals surface area contributed by atoms with Crippen LogP contribution in [0, 0.1) is 5.92 Å². The molecule has 0 saturated carbocycles. The molecule has 1 aliphatic heterocycles. The van der Waals surface area contributed by atoms with Gasteiger partial charge in [0.2, 0.25) is 0 Å². The molecule has 12 heavy (non-hydrogen) atoms. The Morgan fingerprint density at radius 1 is 1.58 bits per heavy atom. The molecule has 1 heterocycles. The van der Waals surface area contributed by atoms with E-state index < -0.39 is 0 Å². The van der Waals surface area contributed by atoms with E-state index >= 15 is 0 Å². The molecule has 0 aromatic rings. The van der Waals surface area contributed by atoms with E-state index in [2.05, 4.69) is 18.7 Å². The monoisotopic (exact) mass is 172 g/mol. The van der Waals surface area contributed by atoms with Gasteiger partial charge in [-0.1, -0.05) is 13.8 Å². The second-order valence-electron chi connectivity index (χ2n) is 4.02. The first kappa shape index (κ1) is 9.96. The van der Waals surface area contributed by atoms with Gasteiger partial charge in [-0.2, -0.15) is 0 Å². The van der Waals surface area contributed by atoms with Crippen LogP contribution in [0.5, 0.6) is 0 Å². The Balaban J connectivity index is 2.30. The summed E-state index contributed by atoms with van der Waals surface area (Å²) in [5, 5.41) is 0. The van der Waals surface area contributed by atoms with Crippen molar-refractivity contribution in [3.63, 3.8) is 0 Å². The van der Waals surface area contributed by atoms with E-state index in [1.54, 1.807) is 0 Å². The third-order valence-electron chi connectivity index (χ3n) is 2.39. The summed E-state index contributed by atoms with van der Waals surface area (Å²) in [6.07, 6.45) is 2.53. The molecule has 1 aliphatic rings. The summed E-state index contributed by atoms with van der Waals surface area (Å²) >= 11 is 0. The molecule has 72 valence electrons. The highest BCUT2D eigenvalue weighted by molar-refractivity contribution is 4.79. The minimum atomic E-state index is 0.567. The van der Waals surface area contributed by atoms with E-state index in [1.165, 1.54) is 25.9 Å². The molecular formula is C9H20N2O. The van der Waals surface area contributed by atoms with Crippen molar-refractivity contribution in [2.45, 2.75) is 32.7 Å². The van der Waals surface area contributed by atoms with Crippen molar-refractivity contribution in [1.29, 1.82) is 0 Å². The maximum atomic E-state index is 5.07. The zero-order valence-electron chi connectivity index (χ0n) is 8.12. The lowest BCUT2D eigenvalue weighted by atomic mass is 10.2. The number of nitrogens with two attached hydrogens (primary N) is 1. The largest absolute Gasteiger partial charge is 0.303 e. The summed E-state index contributed by atoms with van der Waals surface area (Å²) in [6, 6.07) is 0.567. The molecule has 1 rings (SSSR count). The molecule has 1 atom stereocenters. The molecule has 2 N–H and O–H groups in total. The van der Waals surface area contributed by atoms with Crippen LogP contribution in [-0.4, -0.2) is 30.6 Å². The fourth-order valence-corrected chi connectivity index (χ4v) is 1.90. The van der Waals surface area contributed by atoms with Crippen LogP contribution in [-0.2, 0) is 4.84 Å². The van der Waals surface area contributed by atoms with Crippen molar-refractivity contribution in [1.82, 2.24) is 4.90 Å². The molecular weight excluding hydrogens is 152 g/mol. The Bertz CT molecular complexity index is 128. The van der Waals surface area contributed by atoms with Crippen LogP contribution in [0.3, 0.4) is 0 Å². The highest BCUT2D eigenvalue weighted by atomic mass is 16.6. The van der Waals surface area contributed by atoms with E-state index in [-0.39, 0.29) is 0 Å². The number of hydrogen-bond acceptors (Lipinski definition) is 3. The number of nitrogens with zero attached hydrogens (tertiary/aromatic N) is 1. The molecule has 0 aliphatic carbocycles. The van der Waals surface area contributed by atoms with Gasteiger partial charge in [-0.25, -0.2) is 5.90 Å². The first-order valence-electron chi connectivity index (χ1n) is 4.79. The van der Waals surface area contributed by atoms with Gasteiger partial charge >= 0.3 is 0 Å². The summed E-state index contributed by atoms with van der Waals surface area (Å²) in [7, 11) is 0. The predicted molar refractivity (Wildman–Crippen MR) is 49.6 cm³/mol. The van der Waals surface area contributed by atoms with Crippen LogP contribution < -0.4 is 5.90 Å². The zero-order valence-corrected chi connectivity index (χ0v) is 8.12. The van der Waals surface area contributed by atoms with E-state index in [9.17, 15) is 0 Å². The third kappa shape index (κ3) is 2.73. The predicted octanol–water partition coefficient (Wildman–Crippen LogP) is 0.997. The van der Waals surface area contributed by atoms with E-state index in [4.69, 9.17) is 10.7 Å².